The van der Waals surface area contributed by atoms with E-state index in [1.54, 1.807) is 0 Å². The number of hydrogen-bond acceptors (Lipinski definition) is 4. The third-order valence-electron chi connectivity index (χ3n) is 2.35. The first-order valence-electron chi connectivity index (χ1n) is 5.07. The van der Waals surface area contributed by atoms with E-state index < -0.39 is 32.2 Å². The van der Waals surface area contributed by atoms with Gasteiger partial charge in [0.05, 0.1) is 5.41 Å². The number of amides is 1. The van der Waals surface area contributed by atoms with Crippen LogP contribution in [0.1, 0.15) is 13.8 Å². The van der Waals surface area contributed by atoms with Crippen LogP contribution in [0.3, 0.4) is 0 Å². The van der Waals surface area contributed by atoms with E-state index in [-0.39, 0.29) is 6.54 Å². The second kappa shape index (κ2) is 4.99. The second-order valence-corrected chi connectivity index (χ2v) is 6.05. The number of sulfonamides is 1. The fraction of sp³-hybridized carbons (Fsp3) is 0.400. The molecule has 0 unspecified atom stereocenters. The zero-order chi connectivity index (χ0) is 14.0. The Morgan fingerprint density at radius 2 is 2.17 bits per heavy atom. The van der Waals surface area contributed by atoms with Gasteiger partial charge >= 0.3 is 0 Å². The van der Waals surface area contributed by atoms with E-state index in [9.17, 15) is 17.6 Å². The van der Waals surface area contributed by atoms with Gasteiger partial charge in [0.15, 0.2) is 5.82 Å². The molecular weight excluding hydrogens is 261 g/mol. The number of rotatable bonds is 5. The highest BCUT2D eigenvalue weighted by molar-refractivity contribution is 7.89. The summed E-state index contributed by atoms with van der Waals surface area (Å²) in [4.78, 5) is 14.5. The molecule has 0 bridgehead atoms. The first kappa shape index (κ1) is 14.5. The van der Waals surface area contributed by atoms with Gasteiger partial charge < -0.3 is 5.73 Å². The van der Waals surface area contributed by atoms with Crippen molar-refractivity contribution in [3.05, 3.63) is 24.1 Å². The number of carbonyl (C=O) groups excluding carboxylic acids is 1. The molecule has 1 heterocycles. The maximum Gasteiger partial charge on any atom is 0.261 e. The minimum Gasteiger partial charge on any atom is -0.369 e. The molecule has 0 aliphatic rings. The van der Waals surface area contributed by atoms with Crippen LogP contribution < -0.4 is 10.5 Å². The number of nitrogens with two attached hydrogens (primary N) is 1. The van der Waals surface area contributed by atoms with E-state index in [4.69, 9.17) is 5.73 Å². The molecule has 1 aromatic heterocycles. The third kappa shape index (κ3) is 3.23. The molecule has 0 radical (unpaired) electrons. The van der Waals surface area contributed by atoms with Crippen molar-refractivity contribution in [1.29, 1.82) is 0 Å². The molecular formula is C10H14FN3O3S. The molecule has 0 aliphatic carbocycles. The minimum absolute atomic E-state index is 0.235. The predicted octanol–water partition coefficient (Wildman–Crippen LogP) is 0.0105. The van der Waals surface area contributed by atoms with E-state index in [1.165, 1.54) is 19.9 Å². The maximum absolute atomic E-state index is 13.3. The van der Waals surface area contributed by atoms with Crippen molar-refractivity contribution in [2.24, 2.45) is 11.1 Å². The van der Waals surface area contributed by atoms with Gasteiger partial charge in [0.25, 0.3) is 10.0 Å². The molecule has 18 heavy (non-hydrogen) atoms. The summed E-state index contributed by atoms with van der Waals surface area (Å²) in [6.07, 6.45) is 1.16. The zero-order valence-electron chi connectivity index (χ0n) is 9.97. The number of hydrogen-bond donors (Lipinski definition) is 2. The summed E-state index contributed by atoms with van der Waals surface area (Å²) in [5.41, 5.74) is 4.03. The van der Waals surface area contributed by atoms with Gasteiger partial charge in [-0.25, -0.2) is 22.5 Å². The molecule has 6 nitrogen and oxygen atoms in total. The lowest BCUT2D eigenvalue weighted by atomic mass is 9.93. The summed E-state index contributed by atoms with van der Waals surface area (Å²) in [7, 11) is -4.10. The van der Waals surface area contributed by atoms with Gasteiger partial charge in [0.2, 0.25) is 10.9 Å². The second-order valence-electron chi connectivity index (χ2n) is 4.36. The molecule has 0 aliphatic heterocycles. The Morgan fingerprint density at radius 3 is 2.67 bits per heavy atom. The monoisotopic (exact) mass is 275 g/mol. The number of nitrogens with one attached hydrogen (secondary N) is 1. The van der Waals surface area contributed by atoms with E-state index in [1.807, 2.05) is 0 Å². The SMILES string of the molecule is CC(C)(CNS(=O)(=O)c1ncccc1F)C(N)=O. The van der Waals surface area contributed by atoms with Crippen molar-refractivity contribution in [1.82, 2.24) is 9.71 Å². The molecule has 0 saturated heterocycles. The average molecular weight is 275 g/mol. The molecule has 0 fully saturated rings. The van der Waals surface area contributed by atoms with Crippen molar-refractivity contribution in [2.75, 3.05) is 6.54 Å². The smallest absolute Gasteiger partial charge is 0.261 e. The Bertz CT molecular complexity index is 557. The molecule has 1 amide bonds. The van der Waals surface area contributed by atoms with E-state index in [0.29, 0.717) is 0 Å². The predicted molar refractivity (Wildman–Crippen MR) is 62.4 cm³/mol. The van der Waals surface area contributed by atoms with Crippen LogP contribution >= 0.6 is 0 Å². The summed E-state index contributed by atoms with van der Waals surface area (Å²) < 4.78 is 38.9. The molecule has 8 heteroatoms. The summed E-state index contributed by atoms with van der Waals surface area (Å²) >= 11 is 0. The van der Waals surface area contributed by atoms with Gasteiger partial charge in [-0.2, -0.15) is 0 Å². The van der Waals surface area contributed by atoms with Crippen LogP contribution in [-0.4, -0.2) is 25.9 Å². The molecule has 0 saturated carbocycles. The molecule has 1 aromatic rings. The molecule has 0 aromatic carbocycles. The van der Waals surface area contributed by atoms with Crippen LogP contribution in [-0.2, 0) is 14.8 Å². The lowest BCUT2D eigenvalue weighted by molar-refractivity contribution is -0.125. The lowest BCUT2D eigenvalue weighted by Gasteiger charge is -2.20. The van der Waals surface area contributed by atoms with Crippen molar-refractivity contribution in [3.63, 3.8) is 0 Å². The Kier molecular flexibility index (Phi) is 4.02. The van der Waals surface area contributed by atoms with Crippen LogP contribution in [0.15, 0.2) is 23.4 Å². The van der Waals surface area contributed by atoms with E-state index in [2.05, 4.69) is 9.71 Å². The summed E-state index contributed by atoms with van der Waals surface area (Å²) in [6, 6.07) is 2.27. The number of aromatic nitrogens is 1. The van der Waals surface area contributed by atoms with Crippen molar-refractivity contribution >= 4 is 15.9 Å². The highest BCUT2D eigenvalue weighted by Crippen LogP contribution is 2.15. The molecule has 0 atom stereocenters. The largest absolute Gasteiger partial charge is 0.369 e. The number of halogens is 1. The van der Waals surface area contributed by atoms with Crippen LogP contribution in [0, 0.1) is 11.2 Å². The van der Waals surface area contributed by atoms with Crippen LogP contribution in [0.4, 0.5) is 4.39 Å². The quantitative estimate of drug-likeness (QED) is 0.790. The van der Waals surface area contributed by atoms with Gasteiger partial charge in [0, 0.05) is 12.7 Å². The topological polar surface area (TPSA) is 102 Å². The van der Waals surface area contributed by atoms with Crippen molar-refractivity contribution in [2.45, 2.75) is 18.9 Å². The highest BCUT2D eigenvalue weighted by atomic mass is 32.2. The number of nitrogens with zero attached hydrogens (tertiary/aromatic N) is 1. The highest BCUT2D eigenvalue weighted by Gasteiger charge is 2.29. The Balaban J connectivity index is 2.92. The van der Waals surface area contributed by atoms with E-state index >= 15 is 0 Å². The Hall–Kier alpha value is -1.54. The van der Waals surface area contributed by atoms with Crippen molar-refractivity contribution < 1.29 is 17.6 Å². The standard InChI is InChI=1S/C10H14FN3O3S/c1-10(2,9(12)15)6-14-18(16,17)8-7(11)4-3-5-13-8/h3-5,14H,6H2,1-2H3,(H2,12,15). The van der Waals surface area contributed by atoms with Gasteiger partial charge in [-0.3, -0.25) is 4.79 Å². The number of pyridine rings is 1. The Labute approximate surface area is 104 Å². The van der Waals surface area contributed by atoms with Gasteiger partial charge in [-0.15, -0.1) is 0 Å². The van der Waals surface area contributed by atoms with Gasteiger partial charge in [0.1, 0.15) is 0 Å². The number of carbonyl (C=O) groups is 1. The fourth-order valence-corrected chi connectivity index (χ4v) is 2.21. The lowest BCUT2D eigenvalue weighted by Crippen LogP contribution is -2.42. The van der Waals surface area contributed by atoms with Crippen LogP contribution in [0.2, 0.25) is 0 Å². The van der Waals surface area contributed by atoms with Crippen molar-refractivity contribution in [3.8, 4) is 0 Å². The summed E-state index contributed by atoms with van der Waals surface area (Å²) in [6.45, 7) is 2.72. The fourth-order valence-electron chi connectivity index (χ4n) is 1.000. The van der Waals surface area contributed by atoms with E-state index in [0.717, 1.165) is 12.3 Å². The molecule has 0 spiro atoms. The first-order valence-corrected chi connectivity index (χ1v) is 6.55. The molecule has 1 rings (SSSR count). The number of primary amides is 1. The average Bonchev–Trinajstić information content (AvgIpc) is 2.27. The van der Waals surface area contributed by atoms with Gasteiger partial charge in [-0.1, -0.05) is 0 Å². The molecule has 100 valence electrons. The minimum atomic E-state index is -4.10. The normalized spacial score (nSPS) is 12.4. The summed E-state index contributed by atoms with van der Waals surface area (Å²) in [5, 5.41) is -0.703. The first-order chi connectivity index (χ1) is 8.17. The summed E-state index contributed by atoms with van der Waals surface area (Å²) in [5.74, 6) is -1.62. The molecule has 3 N–H and O–H groups in total. The third-order valence-corrected chi connectivity index (χ3v) is 3.68. The maximum atomic E-state index is 13.3. The zero-order valence-corrected chi connectivity index (χ0v) is 10.8. The van der Waals surface area contributed by atoms with Gasteiger partial charge in [-0.05, 0) is 26.0 Å². The van der Waals surface area contributed by atoms with Crippen LogP contribution in [0.25, 0.3) is 0 Å². The van der Waals surface area contributed by atoms with Crippen LogP contribution in [0.5, 0.6) is 0 Å². The Morgan fingerprint density at radius 1 is 1.56 bits per heavy atom.